The van der Waals surface area contributed by atoms with E-state index in [1.165, 1.54) is 16.3 Å². The summed E-state index contributed by atoms with van der Waals surface area (Å²) in [6.07, 6.45) is 3.35. The topological polar surface area (TPSA) is 51.2 Å². The van der Waals surface area contributed by atoms with Crippen molar-refractivity contribution in [3.8, 4) is 0 Å². The average Bonchev–Trinajstić information content (AvgIpc) is 3.00. The third-order valence-electron chi connectivity index (χ3n) is 3.61. The second-order valence-electron chi connectivity index (χ2n) is 4.99. The number of nitrogens with two attached hydrogens (primary N) is 1. The molecule has 0 aliphatic carbocycles. The molecule has 2 aromatic carbocycles. The molecular weight excluding hydrogens is 248 g/mol. The molecule has 0 aliphatic rings. The summed E-state index contributed by atoms with van der Waals surface area (Å²) in [4.78, 5) is 0. The Morgan fingerprint density at radius 3 is 2.60 bits per heavy atom. The van der Waals surface area contributed by atoms with E-state index in [1.807, 2.05) is 12.1 Å². The Morgan fingerprint density at radius 1 is 0.950 bits per heavy atom. The first-order chi connectivity index (χ1) is 9.86. The van der Waals surface area contributed by atoms with Crippen LogP contribution in [0.5, 0.6) is 0 Å². The van der Waals surface area contributed by atoms with Crippen molar-refractivity contribution in [1.82, 2.24) is 5.43 Å². The molecule has 1 heterocycles. The molecule has 0 saturated carbocycles. The van der Waals surface area contributed by atoms with Crippen LogP contribution in [0.4, 0.5) is 0 Å². The minimum atomic E-state index is 0.159. The van der Waals surface area contributed by atoms with Gasteiger partial charge in [0.2, 0.25) is 0 Å². The predicted octanol–water partition coefficient (Wildman–Crippen LogP) is 3.05. The Labute approximate surface area is 118 Å². The first-order valence-electron chi connectivity index (χ1n) is 6.82. The van der Waals surface area contributed by atoms with Crippen LogP contribution in [0.15, 0.2) is 65.3 Å². The summed E-state index contributed by atoms with van der Waals surface area (Å²) in [6, 6.07) is 18.9. The van der Waals surface area contributed by atoms with E-state index in [9.17, 15) is 0 Å². The zero-order chi connectivity index (χ0) is 13.8. The van der Waals surface area contributed by atoms with E-state index < -0.39 is 0 Å². The molecule has 3 aromatic rings. The Kier molecular flexibility index (Phi) is 3.81. The highest BCUT2D eigenvalue weighted by molar-refractivity contribution is 5.85. The van der Waals surface area contributed by atoms with E-state index in [4.69, 9.17) is 10.3 Å². The smallest absolute Gasteiger partial charge is 0.105 e. The van der Waals surface area contributed by atoms with Gasteiger partial charge in [0.25, 0.3) is 0 Å². The van der Waals surface area contributed by atoms with Gasteiger partial charge < -0.3 is 4.42 Å². The van der Waals surface area contributed by atoms with E-state index in [1.54, 1.807) is 6.26 Å². The van der Waals surface area contributed by atoms with Gasteiger partial charge >= 0.3 is 0 Å². The van der Waals surface area contributed by atoms with Crippen LogP contribution in [0, 0.1) is 0 Å². The second-order valence-corrected chi connectivity index (χ2v) is 4.99. The highest BCUT2D eigenvalue weighted by Crippen LogP contribution is 2.20. The summed E-state index contributed by atoms with van der Waals surface area (Å²) in [5, 5.41) is 2.55. The molecule has 102 valence electrons. The molecule has 1 atom stereocenters. The van der Waals surface area contributed by atoms with Gasteiger partial charge in [-0.3, -0.25) is 11.3 Å². The van der Waals surface area contributed by atoms with Gasteiger partial charge in [-0.15, -0.1) is 0 Å². The highest BCUT2D eigenvalue weighted by Gasteiger charge is 2.12. The lowest BCUT2D eigenvalue weighted by molar-refractivity contribution is 0.445. The SMILES string of the molecule is NNC(Cc1ccco1)Cc1cccc2ccccc12. The number of rotatable bonds is 5. The molecule has 3 nitrogen and oxygen atoms in total. The monoisotopic (exact) mass is 266 g/mol. The molecule has 0 fully saturated rings. The molecule has 0 spiro atoms. The molecule has 0 saturated heterocycles. The standard InChI is InChI=1S/C17H18N2O/c18-19-15(12-16-8-4-10-20-16)11-14-7-3-6-13-5-1-2-9-17(13)14/h1-10,15,19H,11-12,18H2. The zero-order valence-electron chi connectivity index (χ0n) is 11.3. The summed E-state index contributed by atoms with van der Waals surface area (Å²) in [7, 11) is 0. The van der Waals surface area contributed by atoms with Gasteiger partial charge in [0.1, 0.15) is 5.76 Å². The first-order valence-corrected chi connectivity index (χ1v) is 6.82. The van der Waals surface area contributed by atoms with E-state index in [2.05, 4.69) is 47.9 Å². The molecule has 1 aromatic heterocycles. The third-order valence-corrected chi connectivity index (χ3v) is 3.61. The van der Waals surface area contributed by atoms with Crippen LogP contribution in [0.2, 0.25) is 0 Å². The quantitative estimate of drug-likeness (QED) is 0.551. The molecule has 0 aliphatic heterocycles. The lowest BCUT2D eigenvalue weighted by atomic mass is 9.97. The Balaban J connectivity index is 1.84. The number of fused-ring (bicyclic) bond motifs is 1. The van der Waals surface area contributed by atoms with Crippen molar-refractivity contribution in [2.24, 2.45) is 5.84 Å². The van der Waals surface area contributed by atoms with Gasteiger partial charge in [-0.05, 0) is 34.9 Å². The Hall–Kier alpha value is -2.10. The van der Waals surface area contributed by atoms with Crippen LogP contribution in [0.1, 0.15) is 11.3 Å². The van der Waals surface area contributed by atoms with Crippen molar-refractivity contribution < 1.29 is 4.42 Å². The van der Waals surface area contributed by atoms with E-state index in [0.717, 1.165) is 18.6 Å². The van der Waals surface area contributed by atoms with Crippen LogP contribution in [-0.2, 0) is 12.8 Å². The third kappa shape index (κ3) is 2.74. The zero-order valence-corrected chi connectivity index (χ0v) is 11.3. The van der Waals surface area contributed by atoms with Crippen molar-refractivity contribution in [2.75, 3.05) is 0 Å². The average molecular weight is 266 g/mol. The minimum absolute atomic E-state index is 0.159. The number of nitrogens with one attached hydrogen (secondary N) is 1. The van der Waals surface area contributed by atoms with Crippen molar-refractivity contribution in [3.05, 3.63) is 72.2 Å². The maximum Gasteiger partial charge on any atom is 0.105 e. The second kappa shape index (κ2) is 5.90. The number of benzene rings is 2. The van der Waals surface area contributed by atoms with Crippen LogP contribution in [-0.4, -0.2) is 6.04 Å². The summed E-state index contributed by atoms with van der Waals surface area (Å²) < 4.78 is 5.40. The molecule has 3 heteroatoms. The van der Waals surface area contributed by atoms with Crippen molar-refractivity contribution in [1.29, 1.82) is 0 Å². The van der Waals surface area contributed by atoms with Crippen molar-refractivity contribution in [2.45, 2.75) is 18.9 Å². The maximum atomic E-state index is 5.69. The largest absolute Gasteiger partial charge is 0.469 e. The van der Waals surface area contributed by atoms with Crippen LogP contribution in [0.25, 0.3) is 10.8 Å². The van der Waals surface area contributed by atoms with Gasteiger partial charge in [-0.2, -0.15) is 0 Å². The lowest BCUT2D eigenvalue weighted by Gasteiger charge is -2.16. The molecule has 3 N–H and O–H groups in total. The Morgan fingerprint density at radius 2 is 1.80 bits per heavy atom. The molecule has 3 rings (SSSR count). The van der Waals surface area contributed by atoms with Crippen LogP contribution >= 0.6 is 0 Å². The maximum absolute atomic E-state index is 5.69. The summed E-state index contributed by atoms with van der Waals surface area (Å²) >= 11 is 0. The molecular formula is C17H18N2O. The first kappa shape index (κ1) is 12.9. The fourth-order valence-electron chi connectivity index (χ4n) is 2.60. The highest BCUT2D eigenvalue weighted by atomic mass is 16.3. The van der Waals surface area contributed by atoms with Crippen LogP contribution in [0.3, 0.4) is 0 Å². The number of hydrogen-bond donors (Lipinski definition) is 2. The molecule has 0 radical (unpaired) electrons. The summed E-state index contributed by atoms with van der Waals surface area (Å²) in [6.45, 7) is 0. The van der Waals surface area contributed by atoms with E-state index in [-0.39, 0.29) is 6.04 Å². The fraction of sp³-hybridized carbons (Fsp3) is 0.176. The van der Waals surface area contributed by atoms with Gasteiger partial charge in [0.05, 0.1) is 6.26 Å². The van der Waals surface area contributed by atoms with Gasteiger partial charge in [-0.25, -0.2) is 0 Å². The van der Waals surface area contributed by atoms with Gasteiger partial charge in [0.15, 0.2) is 0 Å². The molecule has 1 unspecified atom stereocenters. The summed E-state index contributed by atoms with van der Waals surface area (Å²) in [5.41, 5.74) is 4.20. The minimum Gasteiger partial charge on any atom is -0.469 e. The molecule has 0 bridgehead atoms. The van der Waals surface area contributed by atoms with Crippen LogP contribution < -0.4 is 11.3 Å². The number of hydrazine groups is 1. The molecule has 20 heavy (non-hydrogen) atoms. The van der Waals surface area contributed by atoms with E-state index >= 15 is 0 Å². The number of furan rings is 1. The van der Waals surface area contributed by atoms with E-state index in [0.29, 0.717) is 0 Å². The van der Waals surface area contributed by atoms with Gasteiger partial charge in [-0.1, -0.05) is 42.5 Å². The lowest BCUT2D eigenvalue weighted by Crippen LogP contribution is -2.38. The summed E-state index contributed by atoms with van der Waals surface area (Å²) in [5.74, 6) is 6.64. The van der Waals surface area contributed by atoms with Gasteiger partial charge in [0, 0.05) is 12.5 Å². The predicted molar refractivity (Wildman–Crippen MR) is 81.2 cm³/mol. The molecule has 0 amide bonds. The fourth-order valence-corrected chi connectivity index (χ4v) is 2.60. The Bertz CT molecular complexity index is 671. The number of hydrogen-bond acceptors (Lipinski definition) is 3. The normalized spacial score (nSPS) is 12.7. The van der Waals surface area contributed by atoms with Crippen molar-refractivity contribution in [3.63, 3.8) is 0 Å². The van der Waals surface area contributed by atoms with Crippen molar-refractivity contribution >= 4 is 10.8 Å².